The van der Waals surface area contributed by atoms with Crippen molar-refractivity contribution in [2.75, 3.05) is 12.9 Å². The number of nitrogens with one attached hydrogen (secondary N) is 1. The number of hydrazone groups is 1. The SMILES string of the molecule is COc1ccc([N+](=O)[O-])cc1C=NNC(=O)CSCc1cccc(Br)c1. The van der Waals surface area contributed by atoms with Gasteiger partial charge < -0.3 is 4.74 Å². The second-order valence-corrected chi connectivity index (χ2v) is 7.00. The maximum atomic E-state index is 11.8. The predicted molar refractivity (Wildman–Crippen MR) is 106 cm³/mol. The number of non-ortho nitro benzene ring substituents is 1. The second kappa shape index (κ2) is 9.93. The van der Waals surface area contributed by atoms with Gasteiger partial charge in [0.2, 0.25) is 5.91 Å². The number of carbonyl (C=O) groups is 1. The van der Waals surface area contributed by atoms with Crippen molar-refractivity contribution in [3.05, 3.63) is 68.2 Å². The second-order valence-electron chi connectivity index (χ2n) is 5.10. The quantitative estimate of drug-likeness (QED) is 0.385. The van der Waals surface area contributed by atoms with E-state index in [-0.39, 0.29) is 17.3 Å². The zero-order valence-electron chi connectivity index (χ0n) is 13.8. The lowest BCUT2D eigenvalue weighted by Crippen LogP contribution is -2.19. The molecule has 7 nitrogen and oxygen atoms in total. The van der Waals surface area contributed by atoms with Gasteiger partial charge in [-0.3, -0.25) is 14.9 Å². The van der Waals surface area contributed by atoms with Gasteiger partial charge in [0.25, 0.3) is 5.69 Å². The summed E-state index contributed by atoms with van der Waals surface area (Å²) in [6.07, 6.45) is 1.32. The molecule has 0 aromatic heterocycles. The Morgan fingerprint density at radius 3 is 2.88 bits per heavy atom. The van der Waals surface area contributed by atoms with Crippen LogP contribution in [0.4, 0.5) is 5.69 Å². The van der Waals surface area contributed by atoms with Crippen molar-refractivity contribution in [2.24, 2.45) is 5.10 Å². The van der Waals surface area contributed by atoms with Crippen LogP contribution in [0.15, 0.2) is 52.0 Å². The first kappa shape index (κ1) is 19.9. The highest BCUT2D eigenvalue weighted by molar-refractivity contribution is 9.10. The molecule has 0 saturated carbocycles. The average Bonchev–Trinajstić information content (AvgIpc) is 2.61. The summed E-state index contributed by atoms with van der Waals surface area (Å²) in [5.41, 5.74) is 3.84. The number of methoxy groups -OCH3 is 1. The van der Waals surface area contributed by atoms with Crippen LogP contribution in [0.5, 0.6) is 5.75 Å². The molecule has 0 aliphatic carbocycles. The summed E-state index contributed by atoms with van der Waals surface area (Å²) in [5, 5.41) is 14.7. The van der Waals surface area contributed by atoms with Crippen LogP contribution in [-0.4, -0.2) is 29.9 Å². The number of benzene rings is 2. The van der Waals surface area contributed by atoms with Crippen LogP contribution in [0.25, 0.3) is 0 Å². The van der Waals surface area contributed by atoms with E-state index in [4.69, 9.17) is 4.74 Å². The monoisotopic (exact) mass is 437 g/mol. The summed E-state index contributed by atoms with van der Waals surface area (Å²) in [5.74, 6) is 1.12. The normalized spacial score (nSPS) is 10.7. The minimum Gasteiger partial charge on any atom is -0.496 e. The van der Waals surface area contributed by atoms with Gasteiger partial charge in [0.1, 0.15) is 5.75 Å². The molecule has 0 atom stereocenters. The van der Waals surface area contributed by atoms with E-state index in [0.717, 1.165) is 10.0 Å². The molecule has 9 heteroatoms. The predicted octanol–water partition coefficient (Wildman–Crippen LogP) is 3.75. The lowest BCUT2D eigenvalue weighted by Gasteiger charge is -2.04. The van der Waals surface area contributed by atoms with E-state index in [1.54, 1.807) is 0 Å². The van der Waals surface area contributed by atoms with E-state index in [1.165, 1.54) is 43.3 Å². The first-order valence-electron chi connectivity index (χ1n) is 7.46. The number of nitro benzene ring substituents is 1. The molecule has 0 aliphatic heterocycles. The molecule has 0 fully saturated rings. The van der Waals surface area contributed by atoms with E-state index >= 15 is 0 Å². The zero-order chi connectivity index (χ0) is 18.9. The molecule has 0 radical (unpaired) electrons. The largest absolute Gasteiger partial charge is 0.496 e. The smallest absolute Gasteiger partial charge is 0.270 e. The van der Waals surface area contributed by atoms with E-state index in [2.05, 4.69) is 26.5 Å². The molecule has 26 heavy (non-hydrogen) atoms. The fraction of sp³-hybridized carbons (Fsp3) is 0.176. The van der Waals surface area contributed by atoms with Crippen molar-refractivity contribution < 1.29 is 14.5 Å². The topological polar surface area (TPSA) is 93.8 Å². The zero-order valence-corrected chi connectivity index (χ0v) is 16.2. The molecule has 0 heterocycles. The van der Waals surface area contributed by atoms with Gasteiger partial charge in [-0.25, -0.2) is 5.43 Å². The van der Waals surface area contributed by atoms with Crippen LogP contribution in [0, 0.1) is 10.1 Å². The minimum absolute atomic E-state index is 0.0804. The van der Waals surface area contributed by atoms with E-state index in [9.17, 15) is 14.9 Å². The van der Waals surface area contributed by atoms with Crippen LogP contribution < -0.4 is 10.2 Å². The third-order valence-corrected chi connectivity index (χ3v) is 4.70. The van der Waals surface area contributed by atoms with Crippen molar-refractivity contribution in [3.63, 3.8) is 0 Å². The Hall–Kier alpha value is -2.39. The molecule has 1 amide bonds. The maximum Gasteiger partial charge on any atom is 0.270 e. The van der Waals surface area contributed by atoms with Crippen LogP contribution in [0.3, 0.4) is 0 Å². The summed E-state index contributed by atoms with van der Waals surface area (Å²) in [6, 6.07) is 12.0. The molecule has 0 aliphatic rings. The Morgan fingerprint density at radius 2 is 2.19 bits per heavy atom. The number of nitrogens with zero attached hydrogens (tertiary/aromatic N) is 2. The van der Waals surface area contributed by atoms with Crippen LogP contribution in [-0.2, 0) is 10.5 Å². The number of rotatable bonds is 8. The van der Waals surface area contributed by atoms with Crippen molar-refractivity contribution in [3.8, 4) is 5.75 Å². The molecular weight excluding hydrogens is 422 g/mol. The molecule has 136 valence electrons. The van der Waals surface area contributed by atoms with Gasteiger partial charge in [0.15, 0.2) is 0 Å². The van der Waals surface area contributed by atoms with Crippen LogP contribution in [0.2, 0.25) is 0 Å². The van der Waals surface area contributed by atoms with Gasteiger partial charge in [-0.05, 0) is 23.8 Å². The molecule has 0 bridgehead atoms. The molecule has 0 saturated heterocycles. The number of thioether (sulfide) groups is 1. The fourth-order valence-electron chi connectivity index (χ4n) is 2.03. The van der Waals surface area contributed by atoms with Crippen molar-refractivity contribution in [1.82, 2.24) is 5.43 Å². The Morgan fingerprint density at radius 1 is 1.38 bits per heavy atom. The van der Waals surface area contributed by atoms with E-state index in [1.807, 2.05) is 24.3 Å². The Kier molecular flexibility index (Phi) is 7.61. The minimum atomic E-state index is -0.506. The molecule has 0 spiro atoms. The highest BCUT2D eigenvalue weighted by Gasteiger charge is 2.10. The number of hydrogen-bond donors (Lipinski definition) is 1. The number of halogens is 1. The number of hydrogen-bond acceptors (Lipinski definition) is 6. The molecule has 2 aromatic rings. The Labute approximate surface area is 163 Å². The fourth-order valence-corrected chi connectivity index (χ4v) is 3.24. The van der Waals surface area contributed by atoms with Gasteiger partial charge in [-0.2, -0.15) is 5.10 Å². The van der Waals surface area contributed by atoms with Crippen molar-refractivity contribution in [2.45, 2.75) is 5.75 Å². The number of amides is 1. The molecule has 1 N–H and O–H groups in total. The van der Waals surface area contributed by atoms with Crippen molar-refractivity contribution >= 4 is 45.5 Å². The molecule has 0 unspecified atom stereocenters. The summed E-state index contributed by atoms with van der Waals surface area (Å²) in [7, 11) is 1.45. The van der Waals surface area contributed by atoms with Crippen molar-refractivity contribution in [1.29, 1.82) is 0 Å². The summed E-state index contributed by atoms with van der Waals surface area (Å²) >= 11 is 4.87. The Balaban J connectivity index is 1.86. The maximum absolute atomic E-state index is 11.8. The van der Waals surface area contributed by atoms with Crippen LogP contribution in [0.1, 0.15) is 11.1 Å². The van der Waals surface area contributed by atoms with Gasteiger partial charge in [0, 0.05) is 27.9 Å². The van der Waals surface area contributed by atoms with Crippen LogP contribution >= 0.6 is 27.7 Å². The Bertz CT molecular complexity index is 829. The van der Waals surface area contributed by atoms with E-state index < -0.39 is 4.92 Å². The molecular formula is C17H16BrN3O4S. The van der Waals surface area contributed by atoms with E-state index in [0.29, 0.717) is 17.1 Å². The first-order valence-corrected chi connectivity index (χ1v) is 9.41. The van der Waals surface area contributed by atoms with Gasteiger partial charge >= 0.3 is 0 Å². The summed E-state index contributed by atoms with van der Waals surface area (Å²) in [6.45, 7) is 0. The first-order chi connectivity index (χ1) is 12.5. The molecule has 2 rings (SSSR count). The van der Waals surface area contributed by atoms with Gasteiger partial charge in [0.05, 0.1) is 24.0 Å². The number of carbonyl (C=O) groups excluding carboxylic acids is 1. The third kappa shape index (κ3) is 6.16. The highest BCUT2D eigenvalue weighted by Crippen LogP contribution is 2.22. The lowest BCUT2D eigenvalue weighted by atomic mass is 10.2. The number of ether oxygens (including phenoxy) is 1. The summed E-state index contributed by atoms with van der Waals surface area (Å²) < 4.78 is 6.12. The lowest BCUT2D eigenvalue weighted by molar-refractivity contribution is -0.384. The molecule has 2 aromatic carbocycles. The standard InChI is InChI=1S/C17H16BrN3O4S/c1-25-16-6-5-15(21(23)24)8-13(16)9-19-20-17(22)11-26-10-12-3-2-4-14(18)7-12/h2-9H,10-11H2,1H3,(H,20,22). The number of nitro groups is 1. The average molecular weight is 438 g/mol. The summed E-state index contributed by atoms with van der Waals surface area (Å²) in [4.78, 5) is 22.2. The van der Waals surface area contributed by atoms with Gasteiger partial charge in [-0.1, -0.05) is 28.1 Å². The highest BCUT2D eigenvalue weighted by atomic mass is 79.9. The third-order valence-electron chi connectivity index (χ3n) is 3.21. The van der Waals surface area contributed by atoms with Gasteiger partial charge in [-0.15, -0.1) is 11.8 Å².